The van der Waals surface area contributed by atoms with E-state index in [1.165, 1.54) is 17.8 Å². The number of nitrogens with one attached hydrogen (secondary N) is 4. The zero-order valence-corrected chi connectivity index (χ0v) is 21.4. The van der Waals surface area contributed by atoms with Crippen molar-refractivity contribution in [1.82, 2.24) is 31.2 Å². The number of carbonyl (C=O) groups is 3. The van der Waals surface area contributed by atoms with Crippen LogP contribution in [0.15, 0.2) is 64.8 Å². The summed E-state index contributed by atoms with van der Waals surface area (Å²) in [7, 11) is 0. The molecule has 204 valence electrons. The minimum Gasteiger partial charge on any atom is -0.350 e. The number of nitrogens with zero attached hydrogens (tertiary/aromatic N) is 2. The van der Waals surface area contributed by atoms with Crippen LogP contribution in [0.3, 0.4) is 0 Å². The van der Waals surface area contributed by atoms with E-state index < -0.39 is 36.0 Å². The van der Waals surface area contributed by atoms with Crippen molar-refractivity contribution in [3.05, 3.63) is 82.8 Å². The number of alkyl halides is 3. The molecule has 0 saturated carbocycles. The van der Waals surface area contributed by atoms with E-state index in [1.807, 2.05) is 24.3 Å². The van der Waals surface area contributed by atoms with Crippen LogP contribution in [0, 0.1) is 0 Å². The van der Waals surface area contributed by atoms with Gasteiger partial charge in [0, 0.05) is 42.5 Å². The van der Waals surface area contributed by atoms with Crippen LogP contribution in [-0.2, 0) is 40.1 Å². The van der Waals surface area contributed by atoms with Gasteiger partial charge in [-0.1, -0.05) is 23.9 Å². The Morgan fingerprint density at radius 2 is 1.54 bits per heavy atom. The van der Waals surface area contributed by atoms with Gasteiger partial charge in [0.25, 0.3) is 0 Å². The highest BCUT2D eigenvalue weighted by Gasteiger charge is 2.31. The molecular formula is C26H25F3N6O3S. The Bertz CT molecular complexity index is 1350. The van der Waals surface area contributed by atoms with Crippen LogP contribution in [0.1, 0.15) is 27.9 Å². The van der Waals surface area contributed by atoms with Crippen molar-refractivity contribution >= 4 is 29.5 Å². The maximum atomic E-state index is 13.5. The number of fused-ring (bicyclic) bond motifs is 2. The molecule has 0 spiro atoms. The quantitative estimate of drug-likeness (QED) is 0.380. The van der Waals surface area contributed by atoms with Gasteiger partial charge in [0.15, 0.2) is 0 Å². The fourth-order valence-electron chi connectivity index (χ4n) is 3.69. The fraction of sp³-hybridized carbons (Fsp3) is 0.269. The molecule has 3 heterocycles. The molecule has 9 nitrogen and oxygen atoms in total. The van der Waals surface area contributed by atoms with Gasteiger partial charge in [-0.3, -0.25) is 19.4 Å². The largest absolute Gasteiger partial charge is 0.416 e. The third kappa shape index (κ3) is 8.26. The van der Waals surface area contributed by atoms with E-state index in [1.54, 1.807) is 12.4 Å². The van der Waals surface area contributed by atoms with E-state index in [4.69, 9.17) is 4.98 Å². The standard InChI is InChI=1S/C26H25F3N6O3S/c27-26(28,29)19-4-6-21-18(9-19)12-32-23(37)14-34-24(38)15-33-22(36)13-31-11-17-3-5-20(35-25(17)39-21)8-16-2-1-7-30-10-16/h1-7,9-10,31H,8,11-15H2,(H,32,37)(H,33,36)(H,34,38). The predicted molar refractivity (Wildman–Crippen MR) is 136 cm³/mol. The third-order valence-electron chi connectivity index (χ3n) is 5.67. The average Bonchev–Trinajstić information content (AvgIpc) is 2.91. The number of hydrogen-bond acceptors (Lipinski definition) is 7. The molecule has 2 aromatic heterocycles. The van der Waals surface area contributed by atoms with E-state index in [0.29, 0.717) is 16.3 Å². The predicted octanol–water partition coefficient (Wildman–Crippen LogP) is 2.19. The lowest BCUT2D eigenvalue weighted by molar-refractivity contribution is -0.137. The number of carbonyl (C=O) groups excluding carboxylic acids is 3. The molecule has 0 atom stereocenters. The maximum Gasteiger partial charge on any atom is 0.416 e. The summed E-state index contributed by atoms with van der Waals surface area (Å²) in [6.07, 6.45) is -0.678. The van der Waals surface area contributed by atoms with Gasteiger partial charge < -0.3 is 21.3 Å². The van der Waals surface area contributed by atoms with Crippen LogP contribution in [0.25, 0.3) is 0 Å². The van der Waals surface area contributed by atoms with Crippen LogP contribution in [-0.4, -0.2) is 47.3 Å². The first-order valence-corrected chi connectivity index (χ1v) is 12.8. The summed E-state index contributed by atoms with van der Waals surface area (Å²) in [4.78, 5) is 45.7. The minimum atomic E-state index is -4.57. The van der Waals surface area contributed by atoms with Crippen LogP contribution < -0.4 is 21.3 Å². The van der Waals surface area contributed by atoms with E-state index in [-0.39, 0.29) is 31.7 Å². The SMILES string of the molecule is O=C1CNCc2ccc(Cc3cccnc3)nc2Sc2ccc(C(F)(F)F)cc2CNC(=O)CNC(=O)CN1. The van der Waals surface area contributed by atoms with Gasteiger partial charge >= 0.3 is 6.18 Å². The molecule has 1 aliphatic heterocycles. The molecule has 3 amide bonds. The zero-order valence-electron chi connectivity index (χ0n) is 20.6. The van der Waals surface area contributed by atoms with Gasteiger partial charge in [0.2, 0.25) is 17.7 Å². The molecule has 0 fully saturated rings. The normalized spacial score (nSPS) is 15.7. The monoisotopic (exact) mass is 558 g/mol. The molecule has 4 rings (SSSR count). The average molecular weight is 559 g/mol. The summed E-state index contributed by atoms with van der Waals surface area (Å²) in [5.41, 5.74) is 1.79. The molecule has 0 unspecified atom stereocenters. The van der Waals surface area contributed by atoms with Crippen LogP contribution in [0.4, 0.5) is 13.2 Å². The van der Waals surface area contributed by atoms with Crippen molar-refractivity contribution in [3.63, 3.8) is 0 Å². The summed E-state index contributed by atoms with van der Waals surface area (Å²) < 4.78 is 40.4. The number of rotatable bonds is 2. The van der Waals surface area contributed by atoms with E-state index in [2.05, 4.69) is 26.3 Å². The molecule has 1 aromatic carbocycles. The number of amides is 3. The zero-order chi connectivity index (χ0) is 27.8. The Morgan fingerprint density at radius 1 is 0.821 bits per heavy atom. The van der Waals surface area contributed by atoms with Crippen LogP contribution >= 0.6 is 11.8 Å². The fourth-order valence-corrected chi connectivity index (χ4v) is 4.73. The van der Waals surface area contributed by atoms with Gasteiger partial charge in [0.05, 0.1) is 25.2 Å². The Balaban J connectivity index is 1.69. The van der Waals surface area contributed by atoms with Gasteiger partial charge in [0.1, 0.15) is 5.03 Å². The Hall–Kier alpha value is -3.97. The van der Waals surface area contributed by atoms with Crippen molar-refractivity contribution in [2.24, 2.45) is 0 Å². The number of halogens is 3. The second-order valence-corrected chi connectivity index (χ2v) is 9.69. The van der Waals surface area contributed by atoms with Crippen LogP contribution in [0.2, 0.25) is 0 Å². The highest BCUT2D eigenvalue weighted by molar-refractivity contribution is 7.99. The second kappa shape index (κ2) is 12.7. The number of benzene rings is 1. The Labute approximate surface area is 226 Å². The van der Waals surface area contributed by atoms with Gasteiger partial charge in [-0.2, -0.15) is 13.2 Å². The summed E-state index contributed by atoms with van der Waals surface area (Å²) in [5, 5.41) is 10.9. The third-order valence-corrected chi connectivity index (χ3v) is 6.83. The molecular weight excluding hydrogens is 533 g/mol. The summed E-state index contributed by atoms with van der Waals surface area (Å²) in [6.45, 7) is -0.746. The van der Waals surface area contributed by atoms with Crippen molar-refractivity contribution in [2.45, 2.75) is 35.6 Å². The molecule has 3 aromatic rings. The second-order valence-electron chi connectivity index (χ2n) is 8.66. The van der Waals surface area contributed by atoms with Crippen molar-refractivity contribution in [2.75, 3.05) is 19.6 Å². The molecule has 0 saturated heterocycles. The molecule has 0 radical (unpaired) electrons. The number of hydrogen-bond donors (Lipinski definition) is 4. The molecule has 4 N–H and O–H groups in total. The summed E-state index contributed by atoms with van der Waals surface area (Å²) in [5.74, 6) is -1.58. The molecule has 0 aliphatic carbocycles. The lowest BCUT2D eigenvalue weighted by Crippen LogP contribution is -2.43. The van der Waals surface area contributed by atoms with Crippen LogP contribution in [0.5, 0.6) is 0 Å². The van der Waals surface area contributed by atoms with Gasteiger partial charge in [-0.05, 0) is 47.0 Å². The van der Waals surface area contributed by atoms with Gasteiger partial charge in [-0.15, -0.1) is 0 Å². The van der Waals surface area contributed by atoms with E-state index in [0.717, 1.165) is 29.0 Å². The minimum absolute atomic E-state index is 0.0825. The van der Waals surface area contributed by atoms with Crippen molar-refractivity contribution in [3.8, 4) is 0 Å². The van der Waals surface area contributed by atoms with Gasteiger partial charge in [-0.25, -0.2) is 4.98 Å². The lowest BCUT2D eigenvalue weighted by atomic mass is 10.1. The van der Waals surface area contributed by atoms with E-state index >= 15 is 0 Å². The summed E-state index contributed by atoms with van der Waals surface area (Å²) >= 11 is 1.17. The molecule has 0 bridgehead atoms. The Kier molecular flexibility index (Phi) is 9.15. The smallest absolute Gasteiger partial charge is 0.350 e. The van der Waals surface area contributed by atoms with E-state index in [9.17, 15) is 27.6 Å². The summed E-state index contributed by atoms with van der Waals surface area (Å²) in [6, 6.07) is 10.8. The molecule has 39 heavy (non-hydrogen) atoms. The maximum absolute atomic E-state index is 13.5. The van der Waals surface area contributed by atoms with Crippen molar-refractivity contribution < 1.29 is 27.6 Å². The molecule has 13 heteroatoms. The highest BCUT2D eigenvalue weighted by atomic mass is 32.2. The first-order valence-electron chi connectivity index (χ1n) is 11.9. The topological polar surface area (TPSA) is 125 Å². The first-order chi connectivity index (χ1) is 18.7. The Morgan fingerprint density at radius 3 is 2.23 bits per heavy atom. The highest BCUT2D eigenvalue weighted by Crippen LogP contribution is 2.36. The van der Waals surface area contributed by atoms with Crippen molar-refractivity contribution in [1.29, 1.82) is 0 Å². The first kappa shape index (κ1) is 28.0. The molecule has 1 aliphatic rings. The number of pyridine rings is 2. The lowest BCUT2D eigenvalue weighted by Gasteiger charge is -2.16. The number of aromatic nitrogens is 2.